The number of anilines is 1. The fourth-order valence-corrected chi connectivity index (χ4v) is 3.96. The van der Waals surface area contributed by atoms with Crippen molar-refractivity contribution in [1.29, 1.82) is 0 Å². The van der Waals surface area contributed by atoms with Crippen LogP contribution in [-0.4, -0.2) is 47.1 Å². The second-order valence-electron chi connectivity index (χ2n) is 6.90. The Morgan fingerprint density at radius 3 is 2.69 bits per heavy atom. The van der Waals surface area contributed by atoms with E-state index in [-0.39, 0.29) is 13.0 Å². The number of aromatic nitrogens is 1. The van der Waals surface area contributed by atoms with Crippen molar-refractivity contribution >= 4 is 23.0 Å². The molecule has 0 aliphatic carbocycles. The molecule has 0 bridgehead atoms. The highest BCUT2D eigenvalue weighted by atomic mass is 19.4. The number of alkyl halides is 3. The van der Waals surface area contributed by atoms with Crippen LogP contribution in [-0.2, 0) is 4.79 Å². The minimum absolute atomic E-state index is 0.0230. The van der Waals surface area contributed by atoms with Crippen molar-refractivity contribution in [2.75, 3.05) is 18.0 Å². The molecule has 4 rings (SSSR count). The summed E-state index contributed by atoms with van der Waals surface area (Å²) >= 11 is 0. The summed E-state index contributed by atoms with van der Waals surface area (Å²) in [5, 5.41) is 0. The molecule has 1 aromatic heterocycles. The zero-order valence-corrected chi connectivity index (χ0v) is 14.2. The Balaban J connectivity index is 1.60. The number of hydrogen-bond donors (Lipinski definition) is 0. The van der Waals surface area contributed by atoms with E-state index in [0.717, 1.165) is 11.3 Å². The third-order valence-corrected chi connectivity index (χ3v) is 5.23. The van der Waals surface area contributed by atoms with Crippen molar-refractivity contribution in [2.45, 2.75) is 50.4 Å². The van der Waals surface area contributed by atoms with Gasteiger partial charge in [0.25, 0.3) is 6.01 Å². The molecule has 0 N–H and O–H groups in total. The summed E-state index contributed by atoms with van der Waals surface area (Å²) in [4.78, 5) is 20.1. The molecule has 0 spiro atoms. The van der Waals surface area contributed by atoms with E-state index in [1.54, 1.807) is 17.0 Å². The molecule has 2 aromatic rings. The van der Waals surface area contributed by atoms with Gasteiger partial charge in [0.1, 0.15) is 17.6 Å². The van der Waals surface area contributed by atoms with Crippen molar-refractivity contribution in [3.63, 3.8) is 0 Å². The van der Waals surface area contributed by atoms with Gasteiger partial charge in [0, 0.05) is 13.1 Å². The SMILES string of the molecule is O=C(C1CCCN1c1nc2ccccc2o1)N1CCCCC1C(F)(F)F. The van der Waals surface area contributed by atoms with Crippen LogP contribution in [0.1, 0.15) is 32.1 Å². The van der Waals surface area contributed by atoms with Gasteiger partial charge in [-0.25, -0.2) is 0 Å². The normalized spacial score (nSPS) is 24.4. The van der Waals surface area contributed by atoms with Crippen LogP contribution in [0.2, 0.25) is 0 Å². The molecule has 2 saturated heterocycles. The van der Waals surface area contributed by atoms with E-state index >= 15 is 0 Å². The lowest BCUT2D eigenvalue weighted by Gasteiger charge is -2.39. The lowest BCUT2D eigenvalue weighted by molar-refractivity contribution is -0.196. The number of amides is 1. The average Bonchev–Trinajstić information content (AvgIpc) is 3.26. The second-order valence-corrected chi connectivity index (χ2v) is 6.90. The molecule has 1 aromatic carbocycles. The van der Waals surface area contributed by atoms with Crippen LogP contribution in [0.3, 0.4) is 0 Å². The summed E-state index contributed by atoms with van der Waals surface area (Å²) in [6.07, 6.45) is -2.08. The largest absolute Gasteiger partial charge is 0.423 e. The van der Waals surface area contributed by atoms with E-state index in [9.17, 15) is 18.0 Å². The number of likely N-dealkylation sites (tertiary alicyclic amines) is 1. The number of halogens is 3. The number of para-hydroxylation sites is 2. The quantitative estimate of drug-likeness (QED) is 0.811. The first-order chi connectivity index (χ1) is 12.4. The highest BCUT2D eigenvalue weighted by Crippen LogP contribution is 2.35. The number of fused-ring (bicyclic) bond motifs is 1. The standard InChI is InChI=1S/C18H20F3N3O2/c19-18(20,21)15-9-3-4-10-24(15)16(25)13-7-5-11-23(13)17-22-12-6-1-2-8-14(12)26-17/h1-2,6,8,13,15H,3-5,7,9-11H2. The van der Waals surface area contributed by atoms with Crippen molar-refractivity contribution in [3.8, 4) is 0 Å². The van der Waals surface area contributed by atoms with Gasteiger partial charge in [-0.3, -0.25) is 4.79 Å². The summed E-state index contributed by atoms with van der Waals surface area (Å²) in [5.74, 6) is -0.466. The summed E-state index contributed by atoms with van der Waals surface area (Å²) in [6, 6.07) is 5.22. The molecule has 2 fully saturated rings. The molecule has 0 radical (unpaired) electrons. The van der Waals surface area contributed by atoms with Gasteiger partial charge in [-0.2, -0.15) is 18.2 Å². The fraction of sp³-hybridized carbons (Fsp3) is 0.556. The van der Waals surface area contributed by atoms with E-state index in [4.69, 9.17) is 4.42 Å². The smallest absolute Gasteiger partial charge is 0.408 e. The summed E-state index contributed by atoms with van der Waals surface area (Å²) < 4.78 is 45.8. The lowest BCUT2D eigenvalue weighted by atomic mass is 10.00. The summed E-state index contributed by atoms with van der Waals surface area (Å²) in [6.45, 7) is 0.703. The van der Waals surface area contributed by atoms with Crippen LogP contribution in [0, 0.1) is 0 Å². The Kier molecular flexibility index (Phi) is 4.28. The van der Waals surface area contributed by atoms with Gasteiger partial charge in [-0.1, -0.05) is 12.1 Å². The van der Waals surface area contributed by atoms with Crippen LogP contribution >= 0.6 is 0 Å². The number of carbonyl (C=O) groups is 1. The predicted octanol–water partition coefficient (Wildman–Crippen LogP) is 3.74. The van der Waals surface area contributed by atoms with Crippen molar-refractivity contribution in [1.82, 2.24) is 9.88 Å². The lowest BCUT2D eigenvalue weighted by Crippen LogP contribution is -2.56. The maximum absolute atomic E-state index is 13.4. The molecule has 1 amide bonds. The van der Waals surface area contributed by atoms with Crippen LogP contribution in [0.5, 0.6) is 0 Å². The van der Waals surface area contributed by atoms with Gasteiger partial charge in [-0.05, 0) is 44.2 Å². The fourth-order valence-electron chi connectivity index (χ4n) is 3.96. The van der Waals surface area contributed by atoms with Crippen LogP contribution in [0.15, 0.2) is 28.7 Å². The molecule has 3 heterocycles. The number of hydrogen-bond acceptors (Lipinski definition) is 4. The van der Waals surface area contributed by atoms with Gasteiger partial charge < -0.3 is 14.2 Å². The zero-order chi connectivity index (χ0) is 18.3. The topological polar surface area (TPSA) is 49.6 Å². The second kappa shape index (κ2) is 6.48. The molecule has 8 heteroatoms. The number of rotatable bonds is 2. The van der Waals surface area contributed by atoms with Crippen LogP contribution < -0.4 is 4.90 Å². The molecule has 5 nitrogen and oxygen atoms in total. The number of oxazole rings is 1. The van der Waals surface area contributed by atoms with E-state index in [2.05, 4.69) is 4.98 Å². The Morgan fingerprint density at radius 1 is 1.12 bits per heavy atom. The Labute approximate surface area is 148 Å². The van der Waals surface area contributed by atoms with Gasteiger partial charge in [0.15, 0.2) is 5.58 Å². The van der Waals surface area contributed by atoms with Crippen LogP contribution in [0.4, 0.5) is 19.2 Å². The van der Waals surface area contributed by atoms with Crippen molar-refractivity contribution in [2.24, 2.45) is 0 Å². The zero-order valence-electron chi connectivity index (χ0n) is 14.2. The minimum Gasteiger partial charge on any atom is -0.423 e. The number of piperidine rings is 1. The molecule has 2 aliphatic rings. The molecular weight excluding hydrogens is 347 g/mol. The van der Waals surface area contributed by atoms with E-state index in [1.807, 2.05) is 12.1 Å². The third-order valence-electron chi connectivity index (χ3n) is 5.23. The van der Waals surface area contributed by atoms with Gasteiger partial charge >= 0.3 is 6.18 Å². The van der Waals surface area contributed by atoms with Gasteiger partial charge in [-0.15, -0.1) is 0 Å². The number of nitrogens with zero attached hydrogens (tertiary/aromatic N) is 3. The Hall–Kier alpha value is -2.25. The first-order valence-electron chi connectivity index (χ1n) is 8.94. The van der Waals surface area contributed by atoms with Crippen molar-refractivity contribution in [3.05, 3.63) is 24.3 Å². The molecular formula is C18H20F3N3O2. The minimum atomic E-state index is -4.39. The molecule has 140 valence electrons. The third kappa shape index (κ3) is 3.01. The van der Waals surface area contributed by atoms with E-state index in [1.165, 1.54) is 0 Å². The highest BCUT2D eigenvalue weighted by Gasteiger charge is 2.48. The number of benzene rings is 1. The Bertz CT molecular complexity index is 771. The molecule has 26 heavy (non-hydrogen) atoms. The van der Waals surface area contributed by atoms with Gasteiger partial charge in [0.2, 0.25) is 5.91 Å². The van der Waals surface area contributed by atoms with Crippen molar-refractivity contribution < 1.29 is 22.4 Å². The maximum atomic E-state index is 13.4. The monoisotopic (exact) mass is 367 g/mol. The first-order valence-corrected chi connectivity index (χ1v) is 8.94. The maximum Gasteiger partial charge on any atom is 0.408 e. The molecule has 2 aliphatic heterocycles. The number of carbonyl (C=O) groups excluding carboxylic acids is 1. The molecule has 2 atom stereocenters. The van der Waals surface area contributed by atoms with Gasteiger partial charge in [0.05, 0.1) is 0 Å². The van der Waals surface area contributed by atoms with Crippen LogP contribution in [0.25, 0.3) is 11.1 Å². The average molecular weight is 367 g/mol. The first kappa shape index (κ1) is 17.2. The molecule has 2 unspecified atom stereocenters. The predicted molar refractivity (Wildman–Crippen MR) is 89.8 cm³/mol. The van der Waals surface area contributed by atoms with E-state index < -0.39 is 24.2 Å². The summed E-state index contributed by atoms with van der Waals surface area (Å²) in [7, 11) is 0. The summed E-state index contributed by atoms with van der Waals surface area (Å²) in [5.41, 5.74) is 1.28. The Morgan fingerprint density at radius 2 is 1.92 bits per heavy atom. The van der Waals surface area contributed by atoms with E-state index in [0.29, 0.717) is 42.9 Å². The highest BCUT2D eigenvalue weighted by molar-refractivity contribution is 5.86. The molecule has 0 saturated carbocycles.